The Morgan fingerprint density at radius 1 is 1.35 bits per heavy atom. The first-order valence-corrected chi connectivity index (χ1v) is 8.17. The maximum Gasteiger partial charge on any atom is 0.223 e. The third-order valence-corrected chi connectivity index (χ3v) is 3.66. The first-order valence-electron chi connectivity index (χ1n) is 8.17. The molecule has 0 amide bonds. The van der Waals surface area contributed by atoms with Crippen LogP contribution in [0.2, 0.25) is 0 Å². The van der Waals surface area contributed by atoms with Gasteiger partial charge in [0.05, 0.1) is 6.54 Å². The van der Waals surface area contributed by atoms with Crippen LogP contribution in [0.25, 0.3) is 0 Å². The van der Waals surface area contributed by atoms with E-state index in [4.69, 9.17) is 14.0 Å². The van der Waals surface area contributed by atoms with Gasteiger partial charge in [0.2, 0.25) is 5.89 Å². The molecule has 8 heteroatoms. The fourth-order valence-electron chi connectivity index (χ4n) is 2.34. The van der Waals surface area contributed by atoms with Gasteiger partial charge in [-0.3, -0.25) is 4.99 Å². The minimum Gasteiger partial charge on any atom is -0.381 e. The number of aromatic nitrogens is 2. The predicted octanol–water partition coefficient (Wildman–Crippen LogP) is 0.876. The largest absolute Gasteiger partial charge is 0.381 e. The molecular formula is C15H27N5O3. The summed E-state index contributed by atoms with van der Waals surface area (Å²) in [6.07, 6.45) is 3.17. The van der Waals surface area contributed by atoms with E-state index in [1.165, 1.54) is 0 Å². The fraction of sp³-hybridized carbons (Fsp3) is 0.800. The zero-order chi connectivity index (χ0) is 16.3. The summed E-state index contributed by atoms with van der Waals surface area (Å²) in [4.78, 5) is 8.28. The van der Waals surface area contributed by atoms with E-state index in [-0.39, 0.29) is 0 Å². The van der Waals surface area contributed by atoms with Crippen molar-refractivity contribution in [1.82, 2.24) is 20.8 Å². The normalized spacial score (nSPS) is 16.5. The molecule has 1 saturated heterocycles. The van der Waals surface area contributed by atoms with Crippen LogP contribution in [-0.2, 0) is 16.0 Å². The molecule has 0 aromatic carbocycles. The maximum absolute atomic E-state index is 5.73. The highest BCUT2D eigenvalue weighted by Gasteiger charge is 2.13. The van der Waals surface area contributed by atoms with Crippen molar-refractivity contribution in [3.8, 4) is 0 Å². The van der Waals surface area contributed by atoms with Crippen molar-refractivity contribution in [1.29, 1.82) is 0 Å². The highest BCUT2D eigenvalue weighted by molar-refractivity contribution is 5.79. The molecule has 2 rings (SSSR count). The third kappa shape index (κ3) is 6.96. The Kier molecular flexibility index (Phi) is 7.82. The fourth-order valence-corrected chi connectivity index (χ4v) is 2.34. The molecule has 0 atom stereocenters. The van der Waals surface area contributed by atoms with Crippen LogP contribution in [0.1, 0.15) is 31.0 Å². The third-order valence-electron chi connectivity index (χ3n) is 3.66. The van der Waals surface area contributed by atoms with E-state index in [2.05, 4.69) is 25.8 Å². The summed E-state index contributed by atoms with van der Waals surface area (Å²) in [5.41, 5.74) is 0. The van der Waals surface area contributed by atoms with Gasteiger partial charge in [-0.25, -0.2) is 0 Å². The SMILES string of the molecule is CN=C(NCCCOCC1CCOCC1)NCc1noc(C)n1. The van der Waals surface area contributed by atoms with Gasteiger partial charge in [-0.2, -0.15) is 4.98 Å². The molecule has 8 nitrogen and oxygen atoms in total. The second-order valence-corrected chi connectivity index (χ2v) is 5.57. The summed E-state index contributed by atoms with van der Waals surface area (Å²) in [7, 11) is 1.73. The lowest BCUT2D eigenvalue weighted by Gasteiger charge is -2.21. The van der Waals surface area contributed by atoms with E-state index in [0.717, 1.165) is 58.2 Å². The van der Waals surface area contributed by atoms with Gasteiger partial charge in [-0.1, -0.05) is 5.16 Å². The molecule has 1 aromatic heterocycles. The summed E-state index contributed by atoms with van der Waals surface area (Å²) in [6, 6.07) is 0. The van der Waals surface area contributed by atoms with Gasteiger partial charge in [0.25, 0.3) is 0 Å². The number of rotatable bonds is 8. The quantitative estimate of drug-likeness (QED) is 0.416. The van der Waals surface area contributed by atoms with Crippen LogP contribution in [0.5, 0.6) is 0 Å². The Labute approximate surface area is 137 Å². The van der Waals surface area contributed by atoms with Crippen molar-refractivity contribution in [2.24, 2.45) is 10.9 Å². The van der Waals surface area contributed by atoms with Crippen LogP contribution in [0.4, 0.5) is 0 Å². The van der Waals surface area contributed by atoms with Crippen molar-refractivity contribution in [2.75, 3.05) is 40.0 Å². The minimum absolute atomic E-state index is 0.483. The van der Waals surface area contributed by atoms with Crippen LogP contribution in [0, 0.1) is 12.8 Å². The van der Waals surface area contributed by atoms with Crippen molar-refractivity contribution in [2.45, 2.75) is 32.7 Å². The molecule has 1 fully saturated rings. The minimum atomic E-state index is 0.483. The van der Waals surface area contributed by atoms with E-state index in [1.54, 1.807) is 14.0 Å². The molecule has 0 radical (unpaired) electrons. The summed E-state index contributed by atoms with van der Waals surface area (Å²) < 4.78 is 16.0. The number of ether oxygens (including phenoxy) is 2. The van der Waals surface area contributed by atoms with Crippen molar-refractivity contribution < 1.29 is 14.0 Å². The topological polar surface area (TPSA) is 93.8 Å². The van der Waals surface area contributed by atoms with E-state index >= 15 is 0 Å². The molecule has 0 aliphatic carbocycles. The van der Waals surface area contributed by atoms with Gasteiger partial charge in [-0.05, 0) is 25.2 Å². The lowest BCUT2D eigenvalue weighted by molar-refractivity contribution is 0.0203. The molecular weight excluding hydrogens is 298 g/mol. The Morgan fingerprint density at radius 3 is 2.87 bits per heavy atom. The Hall–Kier alpha value is -1.67. The Bertz CT molecular complexity index is 471. The summed E-state index contributed by atoms with van der Waals surface area (Å²) in [5, 5.41) is 10.2. The van der Waals surface area contributed by atoms with Crippen molar-refractivity contribution >= 4 is 5.96 Å². The first kappa shape index (κ1) is 17.7. The molecule has 23 heavy (non-hydrogen) atoms. The molecule has 130 valence electrons. The van der Waals surface area contributed by atoms with Gasteiger partial charge in [0, 0.05) is 46.9 Å². The lowest BCUT2D eigenvalue weighted by atomic mass is 10.0. The van der Waals surface area contributed by atoms with Crippen LogP contribution in [0.15, 0.2) is 9.52 Å². The van der Waals surface area contributed by atoms with Gasteiger partial charge < -0.3 is 24.6 Å². The number of aryl methyl sites for hydroxylation is 1. The smallest absolute Gasteiger partial charge is 0.223 e. The standard InChI is InChI=1S/C15H27N5O3/c1-12-19-14(20-23-12)10-18-15(16-2)17-6-3-7-22-11-13-4-8-21-9-5-13/h13H,3-11H2,1-2H3,(H2,16,17,18). The lowest BCUT2D eigenvalue weighted by Crippen LogP contribution is -2.37. The number of hydrogen-bond acceptors (Lipinski definition) is 6. The molecule has 2 N–H and O–H groups in total. The number of aliphatic imine (C=N–C) groups is 1. The second-order valence-electron chi connectivity index (χ2n) is 5.57. The van der Waals surface area contributed by atoms with Crippen LogP contribution >= 0.6 is 0 Å². The first-order chi connectivity index (χ1) is 11.3. The van der Waals surface area contributed by atoms with Crippen molar-refractivity contribution in [3.05, 3.63) is 11.7 Å². The van der Waals surface area contributed by atoms with E-state index in [0.29, 0.717) is 24.2 Å². The van der Waals surface area contributed by atoms with Gasteiger partial charge in [-0.15, -0.1) is 0 Å². The molecule has 0 bridgehead atoms. The zero-order valence-electron chi connectivity index (χ0n) is 14.0. The van der Waals surface area contributed by atoms with Gasteiger partial charge >= 0.3 is 0 Å². The number of hydrogen-bond donors (Lipinski definition) is 2. The van der Waals surface area contributed by atoms with Gasteiger partial charge in [0.1, 0.15) is 0 Å². The molecule has 1 aliphatic heterocycles. The summed E-state index contributed by atoms with van der Waals surface area (Å²) >= 11 is 0. The highest BCUT2D eigenvalue weighted by atomic mass is 16.5. The van der Waals surface area contributed by atoms with Gasteiger partial charge in [0.15, 0.2) is 11.8 Å². The van der Waals surface area contributed by atoms with E-state index < -0.39 is 0 Å². The number of guanidine groups is 1. The van der Waals surface area contributed by atoms with Crippen LogP contribution in [-0.4, -0.2) is 56.1 Å². The maximum atomic E-state index is 5.73. The molecule has 0 spiro atoms. The number of nitrogens with zero attached hydrogens (tertiary/aromatic N) is 3. The number of nitrogens with one attached hydrogen (secondary N) is 2. The molecule has 1 aliphatic rings. The monoisotopic (exact) mass is 325 g/mol. The van der Waals surface area contributed by atoms with Crippen molar-refractivity contribution in [3.63, 3.8) is 0 Å². The average molecular weight is 325 g/mol. The Morgan fingerprint density at radius 2 is 2.17 bits per heavy atom. The van der Waals surface area contributed by atoms with E-state index in [9.17, 15) is 0 Å². The summed E-state index contributed by atoms with van der Waals surface area (Å²) in [5.74, 6) is 2.55. The zero-order valence-corrected chi connectivity index (χ0v) is 14.0. The molecule has 0 saturated carbocycles. The molecule has 1 aromatic rings. The molecule has 0 unspecified atom stereocenters. The van der Waals surface area contributed by atoms with E-state index in [1.807, 2.05) is 0 Å². The molecule has 2 heterocycles. The Balaban J connectivity index is 1.50. The van der Waals surface area contributed by atoms with Crippen LogP contribution in [0.3, 0.4) is 0 Å². The highest BCUT2D eigenvalue weighted by Crippen LogP contribution is 2.14. The average Bonchev–Trinajstić information content (AvgIpc) is 3.00. The second kappa shape index (κ2) is 10.2. The van der Waals surface area contributed by atoms with Crippen LogP contribution < -0.4 is 10.6 Å². The predicted molar refractivity (Wildman–Crippen MR) is 86.2 cm³/mol. The summed E-state index contributed by atoms with van der Waals surface area (Å²) in [6.45, 7) is 6.40.